The SMILES string of the molecule is CCc1nnc([C@H](C)N(CC)Cc2ccccc2Br)o1. The van der Waals surface area contributed by atoms with Crippen LogP contribution in [0.3, 0.4) is 0 Å². The van der Waals surface area contributed by atoms with Crippen LogP contribution >= 0.6 is 15.9 Å². The van der Waals surface area contributed by atoms with Gasteiger partial charge in [-0.25, -0.2) is 0 Å². The summed E-state index contributed by atoms with van der Waals surface area (Å²) in [7, 11) is 0. The predicted molar refractivity (Wildman–Crippen MR) is 82.3 cm³/mol. The van der Waals surface area contributed by atoms with Crippen LogP contribution in [-0.2, 0) is 13.0 Å². The Morgan fingerprint density at radius 3 is 2.60 bits per heavy atom. The summed E-state index contributed by atoms with van der Waals surface area (Å²) in [5.41, 5.74) is 1.26. The van der Waals surface area contributed by atoms with Gasteiger partial charge in [0.2, 0.25) is 11.8 Å². The van der Waals surface area contributed by atoms with Crippen LogP contribution in [0.1, 0.15) is 44.2 Å². The largest absolute Gasteiger partial charge is 0.424 e. The van der Waals surface area contributed by atoms with Gasteiger partial charge in [0, 0.05) is 17.4 Å². The van der Waals surface area contributed by atoms with Gasteiger partial charge in [-0.05, 0) is 25.1 Å². The van der Waals surface area contributed by atoms with Gasteiger partial charge in [-0.2, -0.15) is 0 Å². The molecule has 0 amide bonds. The molecule has 0 aliphatic rings. The molecule has 0 aliphatic carbocycles. The smallest absolute Gasteiger partial charge is 0.233 e. The molecule has 5 heteroatoms. The van der Waals surface area contributed by atoms with Crippen molar-refractivity contribution in [2.24, 2.45) is 0 Å². The van der Waals surface area contributed by atoms with Crippen molar-refractivity contribution in [1.82, 2.24) is 15.1 Å². The Balaban J connectivity index is 2.13. The van der Waals surface area contributed by atoms with Crippen molar-refractivity contribution in [2.75, 3.05) is 6.54 Å². The van der Waals surface area contributed by atoms with E-state index in [1.807, 2.05) is 13.0 Å². The topological polar surface area (TPSA) is 42.2 Å². The first-order valence-electron chi connectivity index (χ1n) is 6.95. The summed E-state index contributed by atoms with van der Waals surface area (Å²) in [6, 6.07) is 8.39. The molecule has 0 N–H and O–H groups in total. The first kappa shape index (κ1) is 15.2. The second-order valence-electron chi connectivity index (χ2n) is 4.72. The van der Waals surface area contributed by atoms with Gasteiger partial charge in [-0.15, -0.1) is 10.2 Å². The number of hydrogen-bond donors (Lipinski definition) is 0. The van der Waals surface area contributed by atoms with Crippen molar-refractivity contribution in [3.8, 4) is 0 Å². The van der Waals surface area contributed by atoms with Crippen LogP contribution in [-0.4, -0.2) is 21.6 Å². The summed E-state index contributed by atoms with van der Waals surface area (Å²) in [4.78, 5) is 2.31. The fraction of sp³-hybridized carbons (Fsp3) is 0.467. The molecule has 0 radical (unpaired) electrons. The molecule has 20 heavy (non-hydrogen) atoms. The zero-order valence-electron chi connectivity index (χ0n) is 12.1. The molecule has 1 atom stereocenters. The normalized spacial score (nSPS) is 12.8. The third-order valence-electron chi connectivity index (χ3n) is 3.43. The minimum atomic E-state index is 0.111. The van der Waals surface area contributed by atoms with Gasteiger partial charge in [0.15, 0.2) is 0 Å². The van der Waals surface area contributed by atoms with E-state index in [0.717, 1.165) is 24.0 Å². The molecule has 0 fully saturated rings. The van der Waals surface area contributed by atoms with E-state index in [4.69, 9.17) is 4.42 Å². The monoisotopic (exact) mass is 337 g/mol. The number of aryl methyl sites for hydroxylation is 1. The summed E-state index contributed by atoms with van der Waals surface area (Å²) >= 11 is 3.60. The maximum Gasteiger partial charge on any atom is 0.233 e. The number of aromatic nitrogens is 2. The molecular weight excluding hydrogens is 318 g/mol. The Morgan fingerprint density at radius 1 is 1.25 bits per heavy atom. The number of rotatable bonds is 6. The van der Waals surface area contributed by atoms with E-state index in [1.165, 1.54) is 5.56 Å². The van der Waals surface area contributed by atoms with E-state index in [0.29, 0.717) is 11.8 Å². The van der Waals surface area contributed by atoms with Gasteiger partial charge < -0.3 is 4.42 Å². The molecule has 0 unspecified atom stereocenters. The minimum Gasteiger partial charge on any atom is -0.424 e. The molecule has 0 saturated heterocycles. The van der Waals surface area contributed by atoms with E-state index >= 15 is 0 Å². The fourth-order valence-electron chi connectivity index (χ4n) is 2.10. The molecule has 2 rings (SSSR count). The lowest BCUT2D eigenvalue weighted by Gasteiger charge is -2.25. The molecule has 0 bridgehead atoms. The number of halogens is 1. The Kier molecular flexibility index (Phi) is 5.31. The summed E-state index contributed by atoms with van der Waals surface area (Å²) < 4.78 is 6.80. The maximum absolute atomic E-state index is 5.67. The van der Waals surface area contributed by atoms with Gasteiger partial charge in [-0.1, -0.05) is 48.0 Å². The molecule has 1 aromatic carbocycles. The molecule has 1 heterocycles. The third-order valence-corrected chi connectivity index (χ3v) is 4.20. The lowest BCUT2D eigenvalue weighted by molar-refractivity contribution is 0.181. The first-order valence-corrected chi connectivity index (χ1v) is 7.74. The summed E-state index contributed by atoms with van der Waals surface area (Å²) in [5, 5.41) is 8.19. The maximum atomic E-state index is 5.67. The lowest BCUT2D eigenvalue weighted by Crippen LogP contribution is -2.26. The lowest BCUT2D eigenvalue weighted by atomic mass is 10.2. The van der Waals surface area contributed by atoms with Crippen LogP contribution in [0.15, 0.2) is 33.2 Å². The van der Waals surface area contributed by atoms with Gasteiger partial charge in [-0.3, -0.25) is 4.90 Å². The zero-order valence-corrected chi connectivity index (χ0v) is 13.7. The molecule has 1 aromatic heterocycles. The quantitative estimate of drug-likeness (QED) is 0.799. The van der Waals surface area contributed by atoms with E-state index < -0.39 is 0 Å². The van der Waals surface area contributed by atoms with Crippen molar-refractivity contribution >= 4 is 15.9 Å². The minimum absolute atomic E-state index is 0.111. The highest BCUT2D eigenvalue weighted by Gasteiger charge is 2.20. The van der Waals surface area contributed by atoms with Crippen LogP contribution in [0.2, 0.25) is 0 Å². The van der Waals surface area contributed by atoms with E-state index in [-0.39, 0.29) is 6.04 Å². The highest BCUT2D eigenvalue weighted by atomic mass is 79.9. The van der Waals surface area contributed by atoms with E-state index in [1.54, 1.807) is 0 Å². The molecule has 0 saturated carbocycles. The predicted octanol–water partition coefficient (Wildman–Crippen LogP) is 3.98. The second kappa shape index (κ2) is 6.99. The molecule has 108 valence electrons. The van der Waals surface area contributed by atoms with E-state index in [2.05, 4.69) is 63.1 Å². The Bertz CT molecular complexity index is 556. The Morgan fingerprint density at radius 2 is 2.00 bits per heavy atom. The van der Waals surface area contributed by atoms with Crippen molar-refractivity contribution in [3.63, 3.8) is 0 Å². The van der Waals surface area contributed by atoms with Crippen LogP contribution in [0.25, 0.3) is 0 Å². The van der Waals surface area contributed by atoms with Crippen LogP contribution in [0.5, 0.6) is 0 Å². The highest BCUT2D eigenvalue weighted by Crippen LogP contribution is 2.24. The summed E-state index contributed by atoms with van der Waals surface area (Å²) in [5.74, 6) is 1.39. The molecule has 0 aliphatic heterocycles. The van der Waals surface area contributed by atoms with Crippen molar-refractivity contribution in [3.05, 3.63) is 46.1 Å². The van der Waals surface area contributed by atoms with Crippen LogP contribution in [0.4, 0.5) is 0 Å². The van der Waals surface area contributed by atoms with Crippen molar-refractivity contribution in [2.45, 2.75) is 39.8 Å². The molecule has 2 aromatic rings. The number of hydrogen-bond acceptors (Lipinski definition) is 4. The van der Waals surface area contributed by atoms with Crippen molar-refractivity contribution in [1.29, 1.82) is 0 Å². The van der Waals surface area contributed by atoms with Crippen molar-refractivity contribution < 1.29 is 4.42 Å². The first-order chi connectivity index (χ1) is 9.65. The van der Waals surface area contributed by atoms with Crippen LogP contribution < -0.4 is 0 Å². The highest BCUT2D eigenvalue weighted by molar-refractivity contribution is 9.10. The third kappa shape index (κ3) is 3.46. The standard InChI is InChI=1S/C15H20BrN3O/c1-4-14-17-18-15(20-14)11(3)19(5-2)10-12-8-6-7-9-13(12)16/h6-9,11H,4-5,10H2,1-3H3/t11-/m0/s1. The van der Waals surface area contributed by atoms with Gasteiger partial charge in [0.25, 0.3) is 0 Å². The second-order valence-corrected chi connectivity index (χ2v) is 5.57. The summed E-state index contributed by atoms with van der Waals surface area (Å²) in [6.07, 6.45) is 0.774. The van der Waals surface area contributed by atoms with E-state index in [9.17, 15) is 0 Å². The molecule has 0 spiro atoms. The Hall–Kier alpha value is -1.20. The average Bonchev–Trinajstić information content (AvgIpc) is 2.94. The zero-order chi connectivity index (χ0) is 14.5. The Labute approximate surface area is 128 Å². The number of nitrogens with zero attached hydrogens (tertiary/aromatic N) is 3. The molecular formula is C15H20BrN3O. The average molecular weight is 338 g/mol. The van der Waals surface area contributed by atoms with Gasteiger partial charge >= 0.3 is 0 Å². The van der Waals surface area contributed by atoms with Gasteiger partial charge in [0.05, 0.1) is 6.04 Å². The van der Waals surface area contributed by atoms with Crippen LogP contribution in [0, 0.1) is 0 Å². The number of benzene rings is 1. The van der Waals surface area contributed by atoms with Gasteiger partial charge in [0.1, 0.15) is 0 Å². The fourth-order valence-corrected chi connectivity index (χ4v) is 2.51. The summed E-state index contributed by atoms with van der Waals surface area (Å²) in [6.45, 7) is 8.04. The molecule has 4 nitrogen and oxygen atoms in total.